The number of nitrogens with one attached hydrogen (secondary N) is 2. The van der Waals surface area contributed by atoms with E-state index < -0.39 is 5.25 Å². The largest absolute Gasteiger partial charge is 0.495 e. The Labute approximate surface area is 143 Å². The van der Waals surface area contributed by atoms with Crippen LogP contribution in [0.25, 0.3) is 0 Å². The van der Waals surface area contributed by atoms with Gasteiger partial charge < -0.3 is 15.4 Å². The van der Waals surface area contributed by atoms with E-state index >= 15 is 0 Å². The molecule has 6 nitrogen and oxygen atoms in total. The van der Waals surface area contributed by atoms with Crippen molar-refractivity contribution in [2.45, 2.75) is 11.7 Å². The van der Waals surface area contributed by atoms with E-state index in [0.717, 1.165) is 0 Å². The second-order valence-corrected chi connectivity index (χ2v) is 6.23. The average Bonchev–Trinajstić information content (AvgIpc) is 2.85. The summed E-state index contributed by atoms with van der Waals surface area (Å²) in [5.74, 6) is 0.0306. The van der Waals surface area contributed by atoms with Gasteiger partial charge in [0.25, 0.3) is 0 Å². The fourth-order valence-electron chi connectivity index (χ4n) is 1.89. The lowest BCUT2D eigenvalue weighted by atomic mass is 10.2. The molecule has 1 fully saturated rings. The highest BCUT2D eigenvalue weighted by Gasteiger charge is 2.31. The third-order valence-electron chi connectivity index (χ3n) is 2.95. The zero-order valence-electron chi connectivity index (χ0n) is 12.5. The Kier molecular flexibility index (Phi) is 6.06. The van der Waals surface area contributed by atoms with Crippen LogP contribution in [0.5, 0.6) is 5.75 Å². The van der Waals surface area contributed by atoms with Crippen molar-refractivity contribution in [3.05, 3.63) is 35.9 Å². The second-order valence-electron chi connectivity index (χ2n) is 4.63. The molecule has 2 N–H and O–H groups in total. The summed E-state index contributed by atoms with van der Waals surface area (Å²) in [6.45, 7) is 3.98. The van der Waals surface area contributed by atoms with Gasteiger partial charge >= 0.3 is 0 Å². The number of carbonyl (C=O) groups excluding carboxylic acids is 2. The lowest BCUT2D eigenvalue weighted by Crippen LogP contribution is -2.28. The first-order chi connectivity index (χ1) is 11.0. The first kappa shape index (κ1) is 17.4. The number of amides is 2. The van der Waals surface area contributed by atoms with E-state index in [1.54, 1.807) is 24.3 Å². The number of benzene rings is 1. The highest BCUT2D eigenvalue weighted by molar-refractivity contribution is 8.15. The van der Waals surface area contributed by atoms with Crippen LogP contribution in [-0.4, -0.2) is 35.9 Å². The molecule has 1 atom stereocenters. The van der Waals surface area contributed by atoms with Crippen LogP contribution >= 0.6 is 23.4 Å². The lowest BCUT2D eigenvalue weighted by molar-refractivity contribution is -0.122. The number of halogens is 1. The van der Waals surface area contributed by atoms with Gasteiger partial charge in [-0.2, -0.15) is 0 Å². The van der Waals surface area contributed by atoms with Gasteiger partial charge in [0.05, 0.1) is 18.7 Å². The highest BCUT2D eigenvalue weighted by atomic mass is 35.5. The molecule has 0 aromatic heterocycles. The van der Waals surface area contributed by atoms with Crippen LogP contribution in [0, 0.1) is 0 Å². The predicted octanol–water partition coefficient (Wildman–Crippen LogP) is 2.45. The van der Waals surface area contributed by atoms with Gasteiger partial charge in [-0.1, -0.05) is 29.4 Å². The van der Waals surface area contributed by atoms with Crippen LogP contribution < -0.4 is 15.4 Å². The number of thioether (sulfide) groups is 1. The average molecular weight is 354 g/mol. The Morgan fingerprint density at radius 3 is 3.04 bits per heavy atom. The van der Waals surface area contributed by atoms with Crippen molar-refractivity contribution in [3.63, 3.8) is 0 Å². The van der Waals surface area contributed by atoms with Crippen molar-refractivity contribution in [2.75, 3.05) is 19.0 Å². The number of hydrogen-bond acceptors (Lipinski definition) is 5. The van der Waals surface area contributed by atoms with Crippen molar-refractivity contribution < 1.29 is 14.3 Å². The van der Waals surface area contributed by atoms with Gasteiger partial charge in [0.1, 0.15) is 11.0 Å². The molecule has 1 heterocycles. The Morgan fingerprint density at radius 1 is 1.61 bits per heavy atom. The number of methoxy groups -OCH3 is 1. The maximum Gasteiger partial charge on any atom is 0.240 e. The fraction of sp³-hybridized carbons (Fsp3) is 0.267. The zero-order valence-corrected chi connectivity index (χ0v) is 14.0. The highest BCUT2D eigenvalue weighted by Crippen LogP contribution is 2.28. The molecule has 2 rings (SSSR count). The Balaban J connectivity index is 1.93. The third kappa shape index (κ3) is 4.74. The molecule has 0 bridgehead atoms. The number of nitrogens with zero attached hydrogens (tertiary/aromatic N) is 1. The molecule has 1 aromatic carbocycles. The van der Waals surface area contributed by atoms with Crippen molar-refractivity contribution in [3.8, 4) is 5.75 Å². The minimum atomic E-state index is -0.493. The summed E-state index contributed by atoms with van der Waals surface area (Å²) >= 11 is 7.25. The molecular weight excluding hydrogens is 338 g/mol. The quantitative estimate of drug-likeness (QED) is 0.770. The van der Waals surface area contributed by atoms with E-state index in [-0.39, 0.29) is 18.2 Å². The molecular formula is C15H16ClN3O3S. The van der Waals surface area contributed by atoms with Crippen LogP contribution in [0.3, 0.4) is 0 Å². The fourth-order valence-corrected chi connectivity index (χ4v) is 3.12. The summed E-state index contributed by atoms with van der Waals surface area (Å²) in [6.07, 6.45) is 1.68. The zero-order chi connectivity index (χ0) is 16.8. The first-order valence-corrected chi connectivity index (χ1v) is 8.05. The number of hydrogen-bond donors (Lipinski definition) is 2. The molecule has 0 spiro atoms. The van der Waals surface area contributed by atoms with Gasteiger partial charge in [-0.05, 0) is 18.2 Å². The van der Waals surface area contributed by atoms with Gasteiger partial charge in [0, 0.05) is 12.1 Å². The van der Waals surface area contributed by atoms with E-state index in [2.05, 4.69) is 22.2 Å². The van der Waals surface area contributed by atoms with E-state index in [9.17, 15) is 9.59 Å². The molecule has 1 aromatic rings. The first-order valence-electron chi connectivity index (χ1n) is 6.79. The summed E-state index contributed by atoms with van der Waals surface area (Å²) in [4.78, 5) is 28.0. The lowest BCUT2D eigenvalue weighted by Gasteiger charge is -2.09. The normalized spacial score (nSPS) is 18.6. The molecule has 1 unspecified atom stereocenters. The summed E-state index contributed by atoms with van der Waals surface area (Å²) in [5, 5.41) is 5.77. The number of ether oxygens (including phenoxy) is 1. The molecule has 0 saturated carbocycles. The van der Waals surface area contributed by atoms with Crippen LogP contribution in [0.1, 0.15) is 6.42 Å². The second kappa shape index (κ2) is 8.03. The molecule has 23 heavy (non-hydrogen) atoms. The van der Waals surface area contributed by atoms with Gasteiger partial charge in [-0.25, -0.2) is 0 Å². The van der Waals surface area contributed by atoms with Gasteiger partial charge in [-0.15, -0.1) is 6.58 Å². The molecule has 0 radical (unpaired) electrons. The minimum absolute atomic E-state index is 0.0489. The Bertz CT molecular complexity index is 663. The Morgan fingerprint density at radius 2 is 2.39 bits per heavy atom. The van der Waals surface area contributed by atoms with Crippen molar-refractivity contribution in [1.29, 1.82) is 0 Å². The third-order valence-corrected chi connectivity index (χ3v) is 4.36. The summed E-state index contributed by atoms with van der Waals surface area (Å²) in [7, 11) is 1.51. The molecule has 0 aliphatic carbocycles. The summed E-state index contributed by atoms with van der Waals surface area (Å²) in [5.41, 5.74) is 0.546. The van der Waals surface area contributed by atoms with Crippen molar-refractivity contribution in [2.24, 2.45) is 4.99 Å². The molecule has 122 valence electrons. The summed E-state index contributed by atoms with van der Waals surface area (Å²) in [6, 6.07) is 4.94. The van der Waals surface area contributed by atoms with Gasteiger partial charge in [-0.3, -0.25) is 14.6 Å². The SMILES string of the molecule is C=CCN=C1NC(=O)C(CC(=O)Nc2ccc(OC)c(Cl)c2)S1. The monoisotopic (exact) mass is 353 g/mol. The number of rotatable bonds is 6. The topological polar surface area (TPSA) is 79.8 Å². The van der Waals surface area contributed by atoms with Crippen molar-refractivity contribution in [1.82, 2.24) is 5.32 Å². The molecule has 2 amide bonds. The van der Waals surface area contributed by atoms with Crippen LogP contribution in [0.15, 0.2) is 35.8 Å². The summed E-state index contributed by atoms with van der Waals surface area (Å²) < 4.78 is 5.05. The number of amidine groups is 1. The van der Waals surface area contributed by atoms with E-state index in [1.165, 1.54) is 18.9 Å². The van der Waals surface area contributed by atoms with E-state index in [0.29, 0.717) is 28.2 Å². The predicted molar refractivity (Wildman–Crippen MR) is 93.3 cm³/mol. The smallest absolute Gasteiger partial charge is 0.240 e. The van der Waals surface area contributed by atoms with Crippen LogP contribution in [-0.2, 0) is 9.59 Å². The maximum absolute atomic E-state index is 12.1. The van der Waals surface area contributed by atoms with Gasteiger partial charge in [0.2, 0.25) is 11.8 Å². The Hall–Kier alpha value is -1.99. The molecule has 1 saturated heterocycles. The van der Waals surface area contributed by atoms with E-state index in [4.69, 9.17) is 16.3 Å². The molecule has 1 aliphatic rings. The standard InChI is InChI=1S/C15H16ClN3O3S/c1-3-6-17-15-19-14(21)12(23-15)8-13(20)18-9-4-5-11(22-2)10(16)7-9/h3-5,7,12H,1,6,8H2,2H3,(H,18,20)(H,17,19,21). The number of carbonyl (C=O) groups is 2. The molecule has 1 aliphatic heterocycles. The number of aliphatic imine (C=N–C) groups is 1. The van der Waals surface area contributed by atoms with Crippen LogP contribution in [0.4, 0.5) is 5.69 Å². The molecule has 8 heteroatoms. The minimum Gasteiger partial charge on any atom is -0.495 e. The maximum atomic E-state index is 12.1. The van der Waals surface area contributed by atoms with Crippen molar-refractivity contribution >= 4 is 46.0 Å². The van der Waals surface area contributed by atoms with Gasteiger partial charge in [0.15, 0.2) is 5.17 Å². The number of anilines is 1. The van der Waals surface area contributed by atoms with Crippen LogP contribution in [0.2, 0.25) is 5.02 Å². The van der Waals surface area contributed by atoms with E-state index in [1.807, 2.05) is 0 Å².